The molecule has 0 fully saturated rings. The first-order chi connectivity index (χ1) is 16.4. The number of halogens is 2. The number of esters is 2. The number of para-hydroxylation sites is 2. The van der Waals surface area contributed by atoms with Crippen LogP contribution in [0.25, 0.3) is 0 Å². The Bertz CT molecular complexity index is 1030. The van der Waals surface area contributed by atoms with Crippen LogP contribution in [0.2, 0.25) is 10.0 Å². The van der Waals surface area contributed by atoms with Gasteiger partial charge in [0.1, 0.15) is 11.7 Å². The highest BCUT2D eigenvalue weighted by molar-refractivity contribution is 6.39. The van der Waals surface area contributed by atoms with Crippen molar-refractivity contribution in [3.8, 4) is 0 Å². The van der Waals surface area contributed by atoms with E-state index in [-0.39, 0.29) is 13.0 Å². The fourth-order valence-corrected chi connectivity index (χ4v) is 3.55. The minimum Gasteiger partial charge on any atom is -0.464 e. The third-order valence-electron chi connectivity index (χ3n) is 4.57. The summed E-state index contributed by atoms with van der Waals surface area (Å²) >= 11 is 12.5. The highest BCUT2D eigenvalue weighted by Gasteiger charge is 2.32. The Kier molecular flexibility index (Phi) is 10.2. The van der Waals surface area contributed by atoms with Crippen molar-refractivity contribution in [1.29, 1.82) is 0 Å². The third-order valence-corrected chi connectivity index (χ3v) is 5.20. The van der Waals surface area contributed by atoms with Crippen molar-refractivity contribution in [3.05, 3.63) is 58.1 Å². The summed E-state index contributed by atoms with van der Waals surface area (Å²) in [6.45, 7) is 8.29. The van der Waals surface area contributed by atoms with E-state index < -0.39 is 35.8 Å². The number of amides is 1. The van der Waals surface area contributed by atoms with Crippen LogP contribution in [0.3, 0.4) is 0 Å². The molecule has 0 heterocycles. The van der Waals surface area contributed by atoms with E-state index in [2.05, 4.69) is 10.6 Å². The molecular weight excluding hydrogens is 495 g/mol. The molecule has 0 spiro atoms. The van der Waals surface area contributed by atoms with Gasteiger partial charge in [-0.1, -0.05) is 47.5 Å². The molecule has 8 nitrogen and oxygen atoms in total. The van der Waals surface area contributed by atoms with Crippen molar-refractivity contribution in [3.63, 3.8) is 0 Å². The average Bonchev–Trinajstić information content (AvgIpc) is 2.74. The summed E-state index contributed by atoms with van der Waals surface area (Å²) in [6.07, 6.45) is -1.96. The van der Waals surface area contributed by atoms with Crippen molar-refractivity contribution in [2.45, 2.75) is 58.8 Å². The van der Waals surface area contributed by atoms with Gasteiger partial charge in [-0.05, 0) is 58.4 Å². The molecule has 2 aromatic rings. The molecule has 0 aliphatic carbocycles. The van der Waals surface area contributed by atoms with Crippen molar-refractivity contribution in [1.82, 2.24) is 5.32 Å². The summed E-state index contributed by atoms with van der Waals surface area (Å²) < 4.78 is 15.7. The van der Waals surface area contributed by atoms with E-state index >= 15 is 0 Å². The van der Waals surface area contributed by atoms with Crippen LogP contribution in [0.15, 0.2) is 42.5 Å². The van der Waals surface area contributed by atoms with Gasteiger partial charge in [0.25, 0.3) is 0 Å². The number of carbonyl (C=O) groups is 3. The lowest BCUT2D eigenvalue weighted by Crippen LogP contribution is -2.51. The van der Waals surface area contributed by atoms with Crippen LogP contribution >= 0.6 is 23.2 Å². The first-order valence-electron chi connectivity index (χ1n) is 11.1. The molecule has 0 saturated carbocycles. The minimum atomic E-state index is -1.25. The first kappa shape index (κ1) is 28.3. The molecule has 35 heavy (non-hydrogen) atoms. The zero-order valence-electron chi connectivity index (χ0n) is 20.3. The van der Waals surface area contributed by atoms with Crippen LogP contribution in [-0.2, 0) is 30.2 Å². The number of benzene rings is 2. The normalized spacial score (nSPS) is 12.8. The Hall–Kier alpha value is -2.97. The number of carbonyl (C=O) groups excluding carboxylic acids is 3. The van der Waals surface area contributed by atoms with Crippen LogP contribution in [0.1, 0.15) is 40.2 Å². The summed E-state index contributed by atoms with van der Waals surface area (Å²) in [7, 11) is 0. The second kappa shape index (κ2) is 12.7. The quantitative estimate of drug-likeness (QED) is 0.321. The van der Waals surface area contributed by atoms with Gasteiger partial charge >= 0.3 is 18.0 Å². The Morgan fingerprint density at radius 2 is 1.63 bits per heavy atom. The lowest BCUT2D eigenvalue weighted by molar-refractivity contribution is -0.156. The number of hydrogen-bond acceptors (Lipinski definition) is 7. The Labute approximate surface area is 215 Å². The first-order valence-corrected chi connectivity index (χ1v) is 11.8. The molecule has 0 aromatic heterocycles. The van der Waals surface area contributed by atoms with Crippen molar-refractivity contribution in [2.24, 2.45) is 0 Å². The van der Waals surface area contributed by atoms with Crippen molar-refractivity contribution < 1.29 is 28.6 Å². The molecule has 2 N–H and O–H groups in total. The predicted molar refractivity (Wildman–Crippen MR) is 135 cm³/mol. The number of hydrogen-bond donors (Lipinski definition) is 2. The SMILES string of the molecule is CCOC(=O)C(NC(=O)OC(C)(C)C)C(C)OC(=O)Cc1ccccc1Nc1c(Cl)cccc1Cl. The fraction of sp³-hybridized carbons (Fsp3) is 0.400. The molecule has 0 aliphatic heterocycles. The second-order valence-electron chi connectivity index (χ2n) is 8.63. The lowest BCUT2D eigenvalue weighted by Gasteiger charge is -2.26. The Morgan fingerprint density at radius 3 is 2.23 bits per heavy atom. The van der Waals surface area contributed by atoms with Crippen LogP contribution in [0, 0.1) is 0 Å². The Morgan fingerprint density at radius 1 is 1.00 bits per heavy atom. The van der Waals surface area contributed by atoms with Gasteiger partial charge in [0.2, 0.25) is 0 Å². The summed E-state index contributed by atoms with van der Waals surface area (Å²) in [5.74, 6) is -1.36. The van der Waals surface area contributed by atoms with Crippen LogP contribution in [-0.4, -0.2) is 42.4 Å². The molecule has 0 bridgehead atoms. The molecule has 2 atom stereocenters. The highest BCUT2D eigenvalue weighted by Crippen LogP contribution is 2.33. The van der Waals surface area contributed by atoms with E-state index in [4.69, 9.17) is 37.4 Å². The zero-order chi connectivity index (χ0) is 26.2. The zero-order valence-corrected chi connectivity index (χ0v) is 21.8. The van der Waals surface area contributed by atoms with Gasteiger partial charge in [0.05, 0.1) is 28.8 Å². The van der Waals surface area contributed by atoms with Gasteiger partial charge in [-0.15, -0.1) is 0 Å². The molecule has 0 aliphatic rings. The Balaban J connectivity index is 2.13. The van der Waals surface area contributed by atoms with E-state index in [0.29, 0.717) is 27.0 Å². The molecule has 2 aromatic carbocycles. The second-order valence-corrected chi connectivity index (χ2v) is 9.44. The predicted octanol–water partition coefficient (Wildman–Crippen LogP) is 5.67. The molecule has 190 valence electrons. The maximum atomic E-state index is 12.8. The van der Waals surface area contributed by atoms with Gasteiger partial charge in [-0.25, -0.2) is 9.59 Å². The maximum absolute atomic E-state index is 12.8. The van der Waals surface area contributed by atoms with Crippen LogP contribution in [0.5, 0.6) is 0 Å². The minimum absolute atomic E-state index is 0.0929. The summed E-state index contributed by atoms with van der Waals surface area (Å²) in [6, 6.07) is 11.0. The summed E-state index contributed by atoms with van der Waals surface area (Å²) in [5.41, 5.74) is 0.966. The average molecular weight is 525 g/mol. The third kappa shape index (κ3) is 8.96. The number of rotatable bonds is 9. The number of nitrogens with one attached hydrogen (secondary N) is 2. The van der Waals surface area contributed by atoms with Gasteiger partial charge in [0, 0.05) is 5.69 Å². The van der Waals surface area contributed by atoms with E-state index in [1.54, 1.807) is 70.2 Å². The topological polar surface area (TPSA) is 103 Å². The van der Waals surface area contributed by atoms with Crippen molar-refractivity contribution in [2.75, 3.05) is 11.9 Å². The van der Waals surface area contributed by atoms with Gasteiger partial charge < -0.3 is 24.8 Å². The molecule has 10 heteroatoms. The summed E-state index contributed by atoms with van der Waals surface area (Å²) in [5, 5.41) is 6.43. The monoisotopic (exact) mass is 524 g/mol. The van der Waals surface area contributed by atoms with E-state index in [9.17, 15) is 14.4 Å². The van der Waals surface area contributed by atoms with Gasteiger partial charge in [0.15, 0.2) is 6.04 Å². The van der Waals surface area contributed by atoms with Gasteiger partial charge in [-0.3, -0.25) is 4.79 Å². The molecule has 0 saturated heterocycles. The highest BCUT2D eigenvalue weighted by atomic mass is 35.5. The smallest absolute Gasteiger partial charge is 0.408 e. The lowest BCUT2D eigenvalue weighted by atomic mass is 10.1. The molecular formula is C25H30Cl2N2O6. The summed E-state index contributed by atoms with van der Waals surface area (Å²) in [4.78, 5) is 37.4. The van der Waals surface area contributed by atoms with E-state index in [0.717, 1.165) is 0 Å². The largest absolute Gasteiger partial charge is 0.464 e. The van der Waals surface area contributed by atoms with Crippen molar-refractivity contribution >= 4 is 52.6 Å². The van der Waals surface area contributed by atoms with Crippen LogP contribution in [0.4, 0.5) is 16.2 Å². The fourth-order valence-electron chi connectivity index (χ4n) is 3.06. The van der Waals surface area contributed by atoms with E-state index in [1.807, 2.05) is 0 Å². The maximum Gasteiger partial charge on any atom is 0.408 e. The standard InChI is InChI=1S/C25H30Cl2N2O6/c1-6-33-23(31)21(29-24(32)35-25(3,4)5)15(2)34-20(30)14-16-10-7-8-13-19(16)28-22-17(26)11-9-12-18(22)27/h7-13,15,21,28H,6,14H2,1-5H3,(H,29,32). The van der Waals surface area contributed by atoms with Gasteiger partial charge in [-0.2, -0.15) is 0 Å². The number of alkyl carbamates (subject to hydrolysis) is 1. The number of anilines is 2. The molecule has 0 radical (unpaired) electrons. The molecule has 2 unspecified atom stereocenters. The molecule has 1 amide bonds. The molecule has 2 rings (SSSR count). The van der Waals surface area contributed by atoms with Crippen LogP contribution < -0.4 is 10.6 Å². The van der Waals surface area contributed by atoms with E-state index in [1.165, 1.54) is 6.92 Å². The number of ether oxygens (including phenoxy) is 3.